The predicted molar refractivity (Wildman–Crippen MR) is 87.8 cm³/mol. The molecule has 1 aliphatic heterocycles. The molecule has 0 bridgehead atoms. The number of ether oxygens (including phenoxy) is 1. The standard InChI is InChI=1S/C17H19ClN2O3/c1-19-9-12(18)7-16(19)17(22)20-10-13(21)8-15(20)11-4-3-5-14(6-11)23-2/h3-7,9,13,15,21H,8,10H2,1-2H3. The predicted octanol–water partition coefficient (Wildman–Crippen LogP) is 2.64. The Morgan fingerprint density at radius 1 is 1.39 bits per heavy atom. The molecular weight excluding hydrogens is 316 g/mol. The minimum Gasteiger partial charge on any atom is -0.497 e. The van der Waals surface area contributed by atoms with Crippen LogP contribution in [-0.4, -0.2) is 40.2 Å². The SMILES string of the molecule is COc1cccc(C2CC(O)CN2C(=O)c2cc(Cl)cn2C)c1. The summed E-state index contributed by atoms with van der Waals surface area (Å²) in [5, 5.41) is 10.6. The second kappa shape index (κ2) is 6.26. The van der Waals surface area contributed by atoms with Gasteiger partial charge >= 0.3 is 0 Å². The number of benzene rings is 1. The molecule has 122 valence electrons. The van der Waals surface area contributed by atoms with Crippen LogP contribution in [0.1, 0.15) is 28.5 Å². The summed E-state index contributed by atoms with van der Waals surface area (Å²) in [6.07, 6.45) is 1.67. The second-order valence-electron chi connectivity index (χ2n) is 5.79. The zero-order chi connectivity index (χ0) is 16.6. The van der Waals surface area contributed by atoms with E-state index in [4.69, 9.17) is 16.3 Å². The van der Waals surface area contributed by atoms with Crippen LogP contribution in [0.4, 0.5) is 0 Å². The van der Waals surface area contributed by atoms with Crippen LogP contribution in [-0.2, 0) is 7.05 Å². The third kappa shape index (κ3) is 3.07. The van der Waals surface area contributed by atoms with Crippen LogP contribution in [0.2, 0.25) is 5.02 Å². The van der Waals surface area contributed by atoms with Crippen molar-refractivity contribution in [1.82, 2.24) is 9.47 Å². The van der Waals surface area contributed by atoms with Gasteiger partial charge in [-0.1, -0.05) is 23.7 Å². The molecule has 5 nitrogen and oxygen atoms in total. The van der Waals surface area contributed by atoms with Gasteiger partial charge in [-0.3, -0.25) is 4.79 Å². The van der Waals surface area contributed by atoms with Gasteiger partial charge in [-0.15, -0.1) is 0 Å². The number of hydrogen-bond acceptors (Lipinski definition) is 3. The van der Waals surface area contributed by atoms with Crippen molar-refractivity contribution >= 4 is 17.5 Å². The van der Waals surface area contributed by atoms with Gasteiger partial charge in [0, 0.05) is 19.8 Å². The lowest BCUT2D eigenvalue weighted by molar-refractivity contribution is 0.0706. The Bertz CT molecular complexity index is 728. The maximum atomic E-state index is 12.9. The average molecular weight is 335 g/mol. The van der Waals surface area contributed by atoms with Gasteiger partial charge in [-0.2, -0.15) is 0 Å². The lowest BCUT2D eigenvalue weighted by atomic mass is 10.0. The van der Waals surface area contributed by atoms with Gasteiger partial charge in [0.25, 0.3) is 5.91 Å². The summed E-state index contributed by atoms with van der Waals surface area (Å²) in [6, 6.07) is 9.07. The van der Waals surface area contributed by atoms with Crippen LogP contribution in [0.25, 0.3) is 0 Å². The number of hydrogen-bond donors (Lipinski definition) is 1. The summed E-state index contributed by atoms with van der Waals surface area (Å²) in [5.74, 6) is 0.599. The largest absolute Gasteiger partial charge is 0.497 e. The van der Waals surface area contributed by atoms with E-state index in [-0.39, 0.29) is 11.9 Å². The molecule has 6 heteroatoms. The highest BCUT2D eigenvalue weighted by atomic mass is 35.5. The van der Waals surface area contributed by atoms with Crippen LogP contribution in [0.3, 0.4) is 0 Å². The number of methoxy groups -OCH3 is 1. The molecule has 2 atom stereocenters. The van der Waals surface area contributed by atoms with E-state index in [0.29, 0.717) is 23.7 Å². The highest BCUT2D eigenvalue weighted by Crippen LogP contribution is 2.35. The van der Waals surface area contributed by atoms with E-state index < -0.39 is 6.10 Å². The molecule has 3 rings (SSSR count). The Kier molecular flexibility index (Phi) is 4.33. The number of aromatic nitrogens is 1. The van der Waals surface area contributed by atoms with Crippen molar-refractivity contribution in [3.63, 3.8) is 0 Å². The monoisotopic (exact) mass is 334 g/mol. The van der Waals surface area contributed by atoms with Crippen LogP contribution in [0.15, 0.2) is 36.5 Å². The summed E-state index contributed by atoms with van der Waals surface area (Å²) in [5.41, 5.74) is 1.46. The summed E-state index contributed by atoms with van der Waals surface area (Å²) in [6.45, 7) is 0.309. The van der Waals surface area contributed by atoms with Gasteiger partial charge in [0.2, 0.25) is 0 Å². The zero-order valence-electron chi connectivity index (χ0n) is 13.1. The molecule has 0 aliphatic carbocycles. The second-order valence-corrected chi connectivity index (χ2v) is 6.23. The minimum absolute atomic E-state index is 0.135. The first-order valence-electron chi connectivity index (χ1n) is 7.44. The van der Waals surface area contributed by atoms with Gasteiger partial charge < -0.3 is 19.3 Å². The summed E-state index contributed by atoms with van der Waals surface area (Å²) in [7, 11) is 3.39. The number of rotatable bonds is 3. The first-order chi connectivity index (χ1) is 11.0. The first-order valence-corrected chi connectivity index (χ1v) is 7.82. The molecule has 23 heavy (non-hydrogen) atoms. The quantitative estimate of drug-likeness (QED) is 0.938. The number of likely N-dealkylation sites (tertiary alicyclic amines) is 1. The van der Waals surface area contributed by atoms with Gasteiger partial charge in [0.05, 0.1) is 24.3 Å². The first kappa shape index (κ1) is 15.9. The molecule has 1 amide bonds. The van der Waals surface area contributed by atoms with E-state index in [1.54, 1.807) is 35.9 Å². The minimum atomic E-state index is -0.536. The number of aryl methyl sites for hydroxylation is 1. The van der Waals surface area contributed by atoms with E-state index in [0.717, 1.165) is 11.3 Å². The van der Waals surface area contributed by atoms with E-state index >= 15 is 0 Å². The molecule has 0 saturated carbocycles. The molecule has 2 aromatic rings. The number of nitrogens with zero attached hydrogens (tertiary/aromatic N) is 2. The third-order valence-corrected chi connectivity index (χ3v) is 4.42. The Balaban J connectivity index is 1.93. The molecule has 1 N–H and O–H groups in total. The maximum Gasteiger partial charge on any atom is 0.271 e. The van der Waals surface area contributed by atoms with Crippen LogP contribution in [0.5, 0.6) is 5.75 Å². The number of halogens is 1. The normalized spacial score (nSPS) is 20.8. The Morgan fingerprint density at radius 3 is 2.83 bits per heavy atom. The number of β-amino-alcohol motifs (C(OH)–C–C–N with tert-alkyl or cyclic N) is 1. The van der Waals surface area contributed by atoms with Crippen molar-refractivity contribution in [2.75, 3.05) is 13.7 Å². The van der Waals surface area contributed by atoms with E-state index in [1.807, 2.05) is 24.3 Å². The Hall–Kier alpha value is -1.98. The Labute approximate surface area is 140 Å². The number of aliphatic hydroxyl groups excluding tert-OH is 1. The fourth-order valence-electron chi connectivity index (χ4n) is 3.09. The van der Waals surface area contributed by atoms with Crippen LogP contribution >= 0.6 is 11.6 Å². The number of carbonyl (C=O) groups excluding carboxylic acids is 1. The van der Waals surface area contributed by atoms with Crippen molar-refractivity contribution in [2.24, 2.45) is 7.05 Å². The number of carbonyl (C=O) groups is 1. The Morgan fingerprint density at radius 2 is 2.17 bits per heavy atom. The lowest BCUT2D eigenvalue weighted by Gasteiger charge is -2.25. The fourth-order valence-corrected chi connectivity index (χ4v) is 3.34. The molecule has 1 fully saturated rings. The van der Waals surface area contributed by atoms with E-state index in [9.17, 15) is 9.90 Å². The summed E-state index contributed by atoms with van der Waals surface area (Å²) in [4.78, 5) is 14.6. The highest BCUT2D eigenvalue weighted by Gasteiger charge is 2.36. The van der Waals surface area contributed by atoms with E-state index in [1.165, 1.54) is 0 Å². The lowest BCUT2D eigenvalue weighted by Crippen LogP contribution is -2.32. The van der Waals surface area contributed by atoms with Crippen molar-refractivity contribution in [1.29, 1.82) is 0 Å². The van der Waals surface area contributed by atoms with Crippen molar-refractivity contribution in [3.8, 4) is 5.75 Å². The number of amides is 1. The molecule has 1 aromatic carbocycles. The molecule has 0 spiro atoms. The molecule has 1 aromatic heterocycles. The molecule has 0 radical (unpaired) electrons. The third-order valence-electron chi connectivity index (χ3n) is 4.21. The maximum absolute atomic E-state index is 12.9. The number of aliphatic hydroxyl groups is 1. The molecule has 1 saturated heterocycles. The molecule has 2 heterocycles. The highest BCUT2D eigenvalue weighted by molar-refractivity contribution is 6.31. The zero-order valence-corrected chi connectivity index (χ0v) is 13.8. The van der Waals surface area contributed by atoms with Gasteiger partial charge in [0.1, 0.15) is 11.4 Å². The fraction of sp³-hybridized carbons (Fsp3) is 0.353. The summed E-state index contributed by atoms with van der Waals surface area (Å²) >= 11 is 5.98. The molecule has 1 aliphatic rings. The van der Waals surface area contributed by atoms with E-state index in [2.05, 4.69) is 0 Å². The van der Waals surface area contributed by atoms with Crippen LogP contribution < -0.4 is 4.74 Å². The molecular formula is C17H19ClN2O3. The van der Waals surface area contributed by atoms with Crippen molar-refractivity contribution in [3.05, 3.63) is 52.8 Å². The molecule has 2 unspecified atom stereocenters. The van der Waals surface area contributed by atoms with Crippen LogP contribution in [0, 0.1) is 0 Å². The van der Waals surface area contributed by atoms with Gasteiger partial charge in [0.15, 0.2) is 0 Å². The van der Waals surface area contributed by atoms with Gasteiger partial charge in [-0.05, 0) is 30.2 Å². The summed E-state index contributed by atoms with van der Waals surface area (Å²) < 4.78 is 6.96. The average Bonchev–Trinajstić information content (AvgIpc) is 3.09. The smallest absolute Gasteiger partial charge is 0.271 e. The topological polar surface area (TPSA) is 54.7 Å². The van der Waals surface area contributed by atoms with Gasteiger partial charge in [-0.25, -0.2) is 0 Å². The van der Waals surface area contributed by atoms with Crippen molar-refractivity contribution < 1.29 is 14.6 Å². The van der Waals surface area contributed by atoms with Crippen molar-refractivity contribution in [2.45, 2.75) is 18.6 Å².